The van der Waals surface area contributed by atoms with E-state index >= 15 is 0 Å². The van der Waals surface area contributed by atoms with Crippen molar-refractivity contribution >= 4 is 0 Å². The molecule has 0 aromatic rings. The van der Waals surface area contributed by atoms with Crippen LogP contribution < -0.4 is 0 Å². The van der Waals surface area contributed by atoms with Crippen molar-refractivity contribution in [1.82, 2.24) is 4.90 Å². The molecule has 1 unspecified atom stereocenters. The molecule has 1 atom stereocenters. The van der Waals surface area contributed by atoms with Crippen LogP contribution in [0.3, 0.4) is 0 Å². The summed E-state index contributed by atoms with van der Waals surface area (Å²) >= 11 is 0. The molecule has 6 heteroatoms. The van der Waals surface area contributed by atoms with Crippen LogP contribution in [-0.4, -0.2) is 44.4 Å². The Morgan fingerprint density at radius 2 is 2.06 bits per heavy atom. The third-order valence-electron chi connectivity index (χ3n) is 1.90. The molecule has 0 saturated carbocycles. The van der Waals surface area contributed by atoms with Gasteiger partial charge < -0.3 is 9.64 Å². The van der Waals surface area contributed by atoms with Gasteiger partial charge in [-0.2, -0.15) is 18.4 Å². The molecule has 0 aromatic carbocycles. The Kier molecular flexibility index (Phi) is 7.10. The van der Waals surface area contributed by atoms with Gasteiger partial charge in [-0.3, -0.25) is 0 Å². The smallest absolute Gasteiger partial charge is 0.372 e. The summed E-state index contributed by atoms with van der Waals surface area (Å²) in [5.74, 6) is -0.0684. The maximum atomic E-state index is 11.7. The molecule has 0 spiro atoms. The highest BCUT2D eigenvalue weighted by atomic mass is 19.4. The van der Waals surface area contributed by atoms with Crippen LogP contribution in [0.4, 0.5) is 13.2 Å². The van der Waals surface area contributed by atoms with E-state index in [1.165, 1.54) is 0 Å². The molecule has 0 radical (unpaired) electrons. The van der Waals surface area contributed by atoms with Gasteiger partial charge in [-0.25, -0.2) is 0 Å². The van der Waals surface area contributed by atoms with E-state index in [1.54, 1.807) is 6.92 Å². The molecule has 0 bridgehead atoms. The number of ether oxygens (including phenoxy) is 1. The van der Waals surface area contributed by atoms with Gasteiger partial charge in [0.05, 0.1) is 12.0 Å². The predicted octanol–water partition coefficient (Wildman–Crippen LogP) is 2.05. The van der Waals surface area contributed by atoms with Gasteiger partial charge in [-0.15, -0.1) is 0 Å². The monoisotopic (exact) mass is 238 g/mol. The van der Waals surface area contributed by atoms with Gasteiger partial charge in [0.1, 0.15) is 6.61 Å². The van der Waals surface area contributed by atoms with E-state index in [4.69, 9.17) is 5.26 Å². The van der Waals surface area contributed by atoms with Crippen molar-refractivity contribution in [2.45, 2.75) is 19.5 Å². The quantitative estimate of drug-likeness (QED) is 0.637. The topological polar surface area (TPSA) is 36.3 Å². The van der Waals surface area contributed by atoms with Crippen molar-refractivity contribution in [3.63, 3.8) is 0 Å². The molecule has 16 heavy (non-hydrogen) atoms. The minimum Gasteiger partial charge on any atom is -0.372 e. The Balaban J connectivity index is 3.42. The maximum absolute atomic E-state index is 11.7. The fourth-order valence-corrected chi connectivity index (χ4v) is 1.22. The first kappa shape index (κ1) is 15.2. The number of alkyl halides is 3. The molecule has 0 N–H and O–H groups in total. The SMILES string of the molecule is CC(C#N)CN(C)CCCOCC(F)(F)F. The Hall–Kier alpha value is -0.800. The van der Waals surface area contributed by atoms with Crippen LogP contribution in [0.15, 0.2) is 0 Å². The summed E-state index contributed by atoms with van der Waals surface area (Å²) in [6.07, 6.45) is -3.72. The summed E-state index contributed by atoms with van der Waals surface area (Å²) < 4.78 is 39.5. The second-order valence-electron chi connectivity index (χ2n) is 3.81. The second-order valence-corrected chi connectivity index (χ2v) is 3.81. The Labute approximate surface area is 93.8 Å². The van der Waals surface area contributed by atoms with Crippen LogP contribution in [0, 0.1) is 17.2 Å². The van der Waals surface area contributed by atoms with Crippen LogP contribution in [0.1, 0.15) is 13.3 Å². The summed E-state index contributed by atoms with van der Waals surface area (Å²) in [6.45, 7) is 1.95. The number of nitrogens with zero attached hydrogens (tertiary/aromatic N) is 2. The first-order chi connectivity index (χ1) is 7.35. The predicted molar refractivity (Wildman–Crippen MR) is 53.8 cm³/mol. The first-order valence-corrected chi connectivity index (χ1v) is 5.08. The highest BCUT2D eigenvalue weighted by Crippen LogP contribution is 2.14. The molecule has 94 valence electrons. The van der Waals surface area contributed by atoms with Gasteiger partial charge >= 0.3 is 6.18 Å². The summed E-state index contributed by atoms with van der Waals surface area (Å²) in [5.41, 5.74) is 0. The maximum Gasteiger partial charge on any atom is 0.411 e. The van der Waals surface area contributed by atoms with Crippen molar-refractivity contribution in [3.05, 3.63) is 0 Å². The van der Waals surface area contributed by atoms with Crippen molar-refractivity contribution in [3.8, 4) is 6.07 Å². The minimum atomic E-state index is -4.25. The van der Waals surface area contributed by atoms with E-state index in [0.29, 0.717) is 19.5 Å². The number of hydrogen-bond acceptors (Lipinski definition) is 3. The molecule has 0 aliphatic heterocycles. The van der Waals surface area contributed by atoms with Gasteiger partial charge in [0.25, 0.3) is 0 Å². The van der Waals surface area contributed by atoms with E-state index in [2.05, 4.69) is 10.8 Å². The van der Waals surface area contributed by atoms with Gasteiger partial charge in [0, 0.05) is 19.7 Å². The highest BCUT2D eigenvalue weighted by Gasteiger charge is 2.27. The molecule has 3 nitrogen and oxygen atoms in total. The Morgan fingerprint density at radius 1 is 1.44 bits per heavy atom. The zero-order valence-electron chi connectivity index (χ0n) is 9.55. The Bertz CT molecular complexity index is 225. The normalized spacial score (nSPS) is 13.8. The van der Waals surface area contributed by atoms with E-state index in [9.17, 15) is 13.2 Å². The zero-order valence-corrected chi connectivity index (χ0v) is 9.55. The van der Waals surface area contributed by atoms with Gasteiger partial charge in [-0.05, 0) is 20.4 Å². The average Bonchev–Trinajstić information content (AvgIpc) is 2.15. The highest BCUT2D eigenvalue weighted by molar-refractivity contribution is 4.80. The van der Waals surface area contributed by atoms with Crippen LogP contribution in [0.2, 0.25) is 0 Å². The van der Waals surface area contributed by atoms with E-state index in [0.717, 1.165) is 0 Å². The van der Waals surface area contributed by atoms with Crippen molar-refractivity contribution in [1.29, 1.82) is 5.26 Å². The minimum absolute atomic E-state index is 0.0684. The molecular weight excluding hydrogens is 221 g/mol. The van der Waals surface area contributed by atoms with E-state index in [-0.39, 0.29) is 12.5 Å². The molecule has 0 rings (SSSR count). The Morgan fingerprint density at radius 3 is 2.56 bits per heavy atom. The second kappa shape index (κ2) is 7.47. The standard InChI is InChI=1S/C10H17F3N2O/c1-9(6-14)7-15(2)4-3-5-16-8-10(11,12)13/h9H,3-5,7-8H2,1-2H3. The van der Waals surface area contributed by atoms with E-state index in [1.807, 2.05) is 11.9 Å². The molecule has 0 heterocycles. The van der Waals surface area contributed by atoms with Crippen LogP contribution in [-0.2, 0) is 4.74 Å². The average molecular weight is 238 g/mol. The van der Waals surface area contributed by atoms with Crippen LogP contribution >= 0.6 is 0 Å². The first-order valence-electron chi connectivity index (χ1n) is 5.08. The molecule has 0 aliphatic rings. The lowest BCUT2D eigenvalue weighted by Crippen LogP contribution is -2.26. The third-order valence-corrected chi connectivity index (χ3v) is 1.90. The number of nitriles is 1. The van der Waals surface area contributed by atoms with Crippen molar-refractivity contribution < 1.29 is 17.9 Å². The number of halogens is 3. The van der Waals surface area contributed by atoms with Gasteiger partial charge in [0.15, 0.2) is 0 Å². The molecule has 0 saturated heterocycles. The van der Waals surface area contributed by atoms with Crippen molar-refractivity contribution in [2.75, 3.05) is 33.4 Å². The summed E-state index contributed by atoms with van der Waals surface area (Å²) in [4.78, 5) is 1.91. The van der Waals surface area contributed by atoms with E-state index < -0.39 is 12.8 Å². The lowest BCUT2D eigenvalue weighted by atomic mass is 10.2. The third kappa shape index (κ3) is 9.74. The van der Waals surface area contributed by atoms with Crippen LogP contribution in [0.5, 0.6) is 0 Å². The summed E-state index contributed by atoms with van der Waals surface area (Å²) in [7, 11) is 1.83. The fourth-order valence-electron chi connectivity index (χ4n) is 1.22. The fraction of sp³-hybridized carbons (Fsp3) is 0.900. The largest absolute Gasteiger partial charge is 0.411 e. The molecular formula is C10H17F3N2O. The molecule has 0 aliphatic carbocycles. The lowest BCUT2D eigenvalue weighted by Gasteiger charge is -2.17. The molecule has 0 fully saturated rings. The molecule has 0 amide bonds. The zero-order chi connectivity index (χ0) is 12.6. The summed E-state index contributed by atoms with van der Waals surface area (Å²) in [6, 6.07) is 2.10. The summed E-state index contributed by atoms with van der Waals surface area (Å²) in [5, 5.41) is 8.56. The van der Waals surface area contributed by atoms with Crippen molar-refractivity contribution in [2.24, 2.45) is 5.92 Å². The van der Waals surface area contributed by atoms with Gasteiger partial charge in [0.2, 0.25) is 0 Å². The molecule has 0 aromatic heterocycles. The lowest BCUT2D eigenvalue weighted by molar-refractivity contribution is -0.174. The van der Waals surface area contributed by atoms with Gasteiger partial charge in [-0.1, -0.05) is 0 Å². The van der Waals surface area contributed by atoms with Crippen LogP contribution in [0.25, 0.3) is 0 Å². The number of hydrogen-bond donors (Lipinski definition) is 0. The number of rotatable bonds is 7.